The maximum Gasteiger partial charge on any atom is 0.338 e. The second-order valence-corrected chi connectivity index (χ2v) is 10.4. The Balaban J connectivity index is 1.49. The molecule has 0 saturated heterocycles. The molecular formula is C28H31BrN4O4. The number of nitrogens with zero attached hydrogens (tertiary/aromatic N) is 3. The highest BCUT2D eigenvalue weighted by Gasteiger charge is 2.36. The number of carbonyl (C=O) groups excluding carboxylic acids is 1. The van der Waals surface area contributed by atoms with Gasteiger partial charge >= 0.3 is 5.97 Å². The topological polar surface area (TPSA) is 87.5 Å². The molecule has 1 fully saturated rings. The van der Waals surface area contributed by atoms with Crippen LogP contribution in [0.15, 0.2) is 58.5 Å². The number of halogens is 1. The van der Waals surface area contributed by atoms with E-state index < -0.39 is 6.04 Å². The van der Waals surface area contributed by atoms with Crippen molar-refractivity contribution in [1.29, 1.82) is 0 Å². The minimum Gasteiger partial charge on any atom is -0.493 e. The van der Waals surface area contributed by atoms with Crippen molar-refractivity contribution < 1.29 is 19.0 Å². The molecule has 8 nitrogen and oxygen atoms in total. The molecule has 3 aromatic rings. The summed E-state index contributed by atoms with van der Waals surface area (Å²) in [5, 5.41) is 7.64. The molecular weight excluding hydrogens is 536 g/mol. The summed E-state index contributed by atoms with van der Waals surface area (Å²) in [6.45, 7) is 4.33. The number of benzene rings is 2. The number of aryl methyl sites for hydroxylation is 1. The van der Waals surface area contributed by atoms with Crippen LogP contribution < -0.4 is 14.8 Å². The monoisotopic (exact) mass is 566 g/mol. The molecule has 1 aliphatic carbocycles. The summed E-state index contributed by atoms with van der Waals surface area (Å²) in [4.78, 5) is 17.9. The maximum atomic E-state index is 13.5. The van der Waals surface area contributed by atoms with E-state index in [0.717, 1.165) is 42.4 Å². The molecule has 2 aromatic carbocycles. The van der Waals surface area contributed by atoms with Gasteiger partial charge in [-0.05, 0) is 84.3 Å². The third kappa shape index (κ3) is 5.23. The lowest BCUT2D eigenvalue weighted by atomic mass is 9.94. The van der Waals surface area contributed by atoms with Crippen LogP contribution >= 0.6 is 15.9 Å². The van der Waals surface area contributed by atoms with Crippen molar-refractivity contribution >= 4 is 27.8 Å². The van der Waals surface area contributed by atoms with Gasteiger partial charge in [0.05, 0.1) is 17.2 Å². The van der Waals surface area contributed by atoms with Crippen molar-refractivity contribution in [3.63, 3.8) is 0 Å². The van der Waals surface area contributed by atoms with Gasteiger partial charge < -0.3 is 19.5 Å². The van der Waals surface area contributed by atoms with Crippen LogP contribution in [0.25, 0.3) is 0 Å². The van der Waals surface area contributed by atoms with E-state index in [4.69, 9.17) is 14.2 Å². The molecule has 1 atom stereocenters. The Labute approximate surface area is 225 Å². The quantitative estimate of drug-likeness (QED) is 0.345. The lowest BCUT2D eigenvalue weighted by Crippen LogP contribution is -2.32. The molecule has 0 bridgehead atoms. The van der Waals surface area contributed by atoms with Crippen LogP contribution in [-0.4, -0.2) is 33.9 Å². The number of carbonyl (C=O) groups is 1. The van der Waals surface area contributed by atoms with Gasteiger partial charge in [0.15, 0.2) is 11.5 Å². The van der Waals surface area contributed by atoms with E-state index in [1.807, 2.05) is 37.3 Å². The smallest absolute Gasteiger partial charge is 0.338 e. The second-order valence-electron chi connectivity index (χ2n) is 9.51. The second kappa shape index (κ2) is 11.0. The number of anilines is 1. The molecule has 2 heterocycles. The Morgan fingerprint density at radius 2 is 1.95 bits per heavy atom. The molecule has 2 aliphatic rings. The summed E-state index contributed by atoms with van der Waals surface area (Å²) < 4.78 is 20.3. The van der Waals surface area contributed by atoms with Crippen molar-refractivity contribution in [3.8, 4) is 11.5 Å². The molecule has 1 saturated carbocycles. The fraction of sp³-hybridized carbons (Fsp3) is 0.393. The zero-order valence-corrected chi connectivity index (χ0v) is 22.9. The van der Waals surface area contributed by atoms with Gasteiger partial charge in [-0.2, -0.15) is 10.1 Å². The van der Waals surface area contributed by atoms with Crippen LogP contribution in [0.1, 0.15) is 61.8 Å². The number of rotatable bonds is 7. The summed E-state index contributed by atoms with van der Waals surface area (Å²) in [5.74, 6) is 1.37. The van der Waals surface area contributed by atoms with Crippen LogP contribution in [0.2, 0.25) is 0 Å². The van der Waals surface area contributed by atoms with E-state index in [1.54, 1.807) is 11.8 Å². The zero-order valence-electron chi connectivity index (χ0n) is 21.3. The first-order chi connectivity index (χ1) is 18.0. The van der Waals surface area contributed by atoms with Crippen molar-refractivity contribution in [2.75, 3.05) is 12.4 Å². The zero-order chi connectivity index (χ0) is 25.9. The highest BCUT2D eigenvalue weighted by molar-refractivity contribution is 9.10. The predicted octanol–water partition coefficient (Wildman–Crippen LogP) is 6.10. The van der Waals surface area contributed by atoms with E-state index >= 15 is 0 Å². The Morgan fingerprint density at radius 3 is 2.70 bits per heavy atom. The third-order valence-electron chi connectivity index (χ3n) is 7.04. The Kier molecular flexibility index (Phi) is 7.50. The molecule has 194 valence electrons. The summed E-state index contributed by atoms with van der Waals surface area (Å²) in [6.07, 6.45) is 6.57. The van der Waals surface area contributed by atoms with Crippen LogP contribution in [0.5, 0.6) is 11.5 Å². The molecule has 0 spiro atoms. The fourth-order valence-electron chi connectivity index (χ4n) is 5.02. The number of nitrogens with one attached hydrogen (secondary N) is 1. The number of hydrogen-bond donors (Lipinski definition) is 1. The molecule has 1 N–H and O–H groups in total. The van der Waals surface area contributed by atoms with Gasteiger partial charge in [-0.1, -0.05) is 30.7 Å². The predicted molar refractivity (Wildman–Crippen MR) is 144 cm³/mol. The first kappa shape index (κ1) is 25.3. The Bertz CT molecular complexity index is 1330. The van der Waals surface area contributed by atoms with Gasteiger partial charge in [0.1, 0.15) is 25.1 Å². The number of fused-ring (bicyclic) bond motifs is 1. The molecule has 0 amide bonds. The van der Waals surface area contributed by atoms with Crippen molar-refractivity contribution in [2.45, 2.75) is 64.7 Å². The SMILES string of the molecule is COc1cc(C2C(C(=O)OC3CCCCC3)=C(C)Nc3ncnn32)cc(Br)c1OCc1ccccc1C. The van der Waals surface area contributed by atoms with E-state index in [1.165, 1.54) is 12.7 Å². The van der Waals surface area contributed by atoms with Crippen molar-refractivity contribution in [3.05, 3.63) is 75.2 Å². The number of methoxy groups -OCH3 is 1. The molecule has 1 aliphatic heterocycles. The standard InChI is InChI=1S/C28H31BrN4O4/c1-17-9-7-8-10-19(17)15-36-26-22(29)13-20(14-23(26)35-3)25-24(18(2)32-28-30-16-31-33(25)28)27(34)37-21-11-5-4-6-12-21/h7-10,13-14,16,21,25H,4-6,11-12,15H2,1-3H3,(H,30,31,32). The number of hydrogen-bond acceptors (Lipinski definition) is 7. The van der Waals surface area contributed by atoms with Crippen LogP contribution in [0.3, 0.4) is 0 Å². The molecule has 1 aromatic heterocycles. The van der Waals surface area contributed by atoms with Crippen LogP contribution in [0, 0.1) is 6.92 Å². The van der Waals surface area contributed by atoms with Gasteiger partial charge in [-0.15, -0.1) is 0 Å². The Morgan fingerprint density at radius 1 is 1.16 bits per heavy atom. The average molecular weight is 567 g/mol. The lowest BCUT2D eigenvalue weighted by Gasteiger charge is -2.30. The van der Waals surface area contributed by atoms with Gasteiger partial charge in [-0.25, -0.2) is 9.48 Å². The minimum atomic E-state index is -0.537. The number of aromatic nitrogens is 3. The molecule has 1 unspecified atom stereocenters. The van der Waals surface area contributed by atoms with Crippen molar-refractivity contribution in [2.24, 2.45) is 0 Å². The number of allylic oxidation sites excluding steroid dienone is 1. The van der Waals surface area contributed by atoms with Gasteiger partial charge in [0.25, 0.3) is 0 Å². The minimum absolute atomic E-state index is 0.0576. The molecule has 9 heteroatoms. The third-order valence-corrected chi connectivity index (χ3v) is 7.63. The molecule has 5 rings (SSSR count). The Hall–Kier alpha value is -3.33. The average Bonchev–Trinajstić information content (AvgIpc) is 3.36. The summed E-state index contributed by atoms with van der Waals surface area (Å²) in [5.41, 5.74) is 4.25. The maximum absolute atomic E-state index is 13.5. The van der Waals surface area contributed by atoms with Crippen LogP contribution in [-0.2, 0) is 16.1 Å². The first-order valence-corrected chi connectivity index (χ1v) is 13.4. The van der Waals surface area contributed by atoms with Gasteiger partial charge in [0.2, 0.25) is 5.95 Å². The lowest BCUT2D eigenvalue weighted by molar-refractivity contribution is -0.146. The summed E-state index contributed by atoms with van der Waals surface area (Å²) in [7, 11) is 1.61. The number of ether oxygens (including phenoxy) is 3. The summed E-state index contributed by atoms with van der Waals surface area (Å²) in [6, 6.07) is 11.4. The van der Waals surface area contributed by atoms with Gasteiger partial charge in [-0.3, -0.25) is 0 Å². The van der Waals surface area contributed by atoms with Gasteiger partial charge in [0, 0.05) is 5.70 Å². The van der Waals surface area contributed by atoms with E-state index in [-0.39, 0.29) is 12.1 Å². The van der Waals surface area contributed by atoms with E-state index in [9.17, 15) is 4.79 Å². The molecule has 0 radical (unpaired) electrons. The molecule has 37 heavy (non-hydrogen) atoms. The summed E-state index contributed by atoms with van der Waals surface area (Å²) >= 11 is 3.68. The van der Waals surface area contributed by atoms with Crippen molar-refractivity contribution in [1.82, 2.24) is 14.8 Å². The largest absolute Gasteiger partial charge is 0.493 e. The first-order valence-electron chi connectivity index (χ1n) is 12.6. The van der Waals surface area contributed by atoms with E-state index in [0.29, 0.717) is 39.8 Å². The highest BCUT2D eigenvalue weighted by atomic mass is 79.9. The fourth-order valence-corrected chi connectivity index (χ4v) is 5.60. The normalized spacial score (nSPS) is 17.7. The highest BCUT2D eigenvalue weighted by Crippen LogP contribution is 2.43. The number of esters is 1. The van der Waals surface area contributed by atoms with E-state index in [2.05, 4.69) is 44.3 Å². The van der Waals surface area contributed by atoms with Crippen LogP contribution in [0.4, 0.5) is 5.95 Å².